The Bertz CT molecular complexity index is 488. The number of rotatable bonds is 2. The third-order valence-electron chi connectivity index (χ3n) is 3.15. The maximum atomic E-state index is 6.25. The Morgan fingerprint density at radius 2 is 2.00 bits per heavy atom. The first kappa shape index (κ1) is 9.93. The standard InChI is InChI=1S/C12H13N3S/c13-12(4-1-5-12)11-15-10(8-16-11)9-2-6-14-7-3-9/h2-3,6-8H,1,4-5,13H2. The molecule has 16 heavy (non-hydrogen) atoms. The van der Waals surface area contributed by atoms with E-state index in [2.05, 4.69) is 15.3 Å². The van der Waals surface area contributed by atoms with Gasteiger partial charge in [0.1, 0.15) is 5.01 Å². The highest BCUT2D eigenvalue weighted by molar-refractivity contribution is 7.10. The summed E-state index contributed by atoms with van der Waals surface area (Å²) in [4.78, 5) is 8.64. The van der Waals surface area contributed by atoms with Crippen molar-refractivity contribution in [2.24, 2.45) is 5.73 Å². The van der Waals surface area contributed by atoms with Crippen LogP contribution in [0.3, 0.4) is 0 Å². The second-order valence-corrected chi connectivity index (χ2v) is 5.14. The van der Waals surface area contributed by atoms with Gasteiger partial charge in [-0.3, -0.25) is 4.98 Å². The molecule has 0 bridgehead atoms. The highest BCUT2D eigenvalue weighted by Gasteiger charge is 2.37. The minimum atomic E-state index is -0.143. The molecule has 82 valence electrons. The van der Waals surface area contributed by atoms with Crippen LogP contribution >= 0.6 is 11.3 Å². The topological polar surface area (TPSA) is 51.8 Å². The Morgan fingerprint density at radius 1 is 1.25 bits per heavy atom. The highest BCUT2D eigenvalue weighted by Crippen LogP contribution is 2.40. The van der Waals surface area contributed by atoms with Gasteiger partial charge in [0.15, 0.2) is 0 Å². The van der Waals surface area contributed by atoms with Crippen LogP contribution in [-0.4, -0.2) is 9.97 Å². The van der Waals surface area contributed by atoms with Crippen LogP contribution in [0.2, 0.25) is 0 Å². The van der Waals surface area contributed by atoms with Crippen molar-refractivity contribution in [2.45, 2.75) is 24.8 Å². The van der Waals surface area contributed by atoms with Gasteiger partial charge in [-0.05, 0) is 31.4 Å². The molecule has 3 nitrogen and oxygen atoms in total. The van der Waals surface area contributed by atoms with Crippen molar-refractivity contribution < 1.29 is 0 Å². The average Bonchev–Trinajstić information content (AvgIpc) is 2.77. The lowest BCUT2D eigenvalue weighted by Crippen LogP contribution is -2.43. The summed E-state index contributed by atoms with van der Waals surface area (Å²) in [6, 6.07) is 3.95. The Labute approximate surface area is 98.4 Å². The second kappa shape index (κ2) is 3.64. The Morgan fingerprint density at radius 3 is 2.62 bits per heavy atom. The molecule has 4 heteroatoms. The quantitative estimate of drug-likeness (QED) is 0.864. The summed E-state index contributed by atoms with van der Waals surface area (Å²) < 4.78 is 0. The molecule has 1 fully saturated rings. The largest absolute Gasteiger partial charge is 0.319 e. The smallest absolute Gasteiger partial charge is 0.113 e. The maximum absolute atomic E-state index is 6.25. The number of hydrogen-bond acceptors (Lipinski definition) is 4. The lowest BCUT2D eigenvalue weighted by atomic mass is 9.78. The zero-order valence-electron chi connectivity index (χ0n) is 8.89. The molecule has 0 radical (unpaired) electrons. The summed E-state index contributed by atoms with van der Waals surface area (Å²) in [6.07, 6.45) is 6.93. The van der Waals surface area contributed by atoms with E-state index >= 15 is 0 Å². The fourth-order valence-corrected chi connectivity index (χ4v) is 2.93. The molecule has 0 spiro atoms. The minimum Gasteiger partial charge on any atom is -0.319 e. The van der Waals surface area contributed by atoms with E-state index in [1.54, 1.807) is 23.7 Å². The molecule has 0 unspecified atom stereocenters. The van der Waals surface area contributed by atoms with Crippen molar-refractivity contribution in [3.63, 3.8) is 0 Å². The maximum Gasteiger partial charge on any atom is 0.113 e. The van der Waals surface area contributed by atoms with Crippen LogP contribution in [0.15, 0.2) is 29.9 Å². The summed E-state index contributed by atoms with van der Waals surface area (Å²) in [5.41, 5.74) is 8.23. The van der Waals surface area contributed by atoms with Gasteiger partial charge in [-0.2, -0.15) is 0 Å². The molecular formula is C12H13N3S. The monoisotopic (exact) mass is 231 g/mol. The van der Waals surface area contributed by atoms with E-state index in [-0.39, 0.29) is 5.54 Å². The van der Waals surface area contributed by atoms with Gasteiger partial charge in [0, 0.05) is 23.3 Å². The van der Waals surface area contributed by atoms with E-state index in [9.17, 15) is 0 Å². The van der Waals surface area contributed by atoms with Crippen molar-refractivity contribution in [1.82, 2.24) is 9.97 Å². The van der Waals surface area contributed by atoms with Gasteiger partial charge in [-0.1, -0.05) is 0 Å². The van der Waals surface area contributed by atoms with E-state index in [1.165, 1.54) is 6.42 Å². The number of hydrogen-bond donors (Lipinski definition) is 1. The van der Waals surface area contributed by atoms with Crippen molar-refractivity contribution in [2.75, 3.05) is 0 Å². The van der Waals surface area contributed by atoms with Crippen LogP contribution in [0.5, 0.6) is 0 Å². The van der Waals surface area contributed by atoms with Gasteiger partial charge in [0.05, 0.1) is 11.2 Å². The Balaban J connectivity index is 1.94. The van der Waals surface area contributed by atoms with Gasteiger partial charge >= 0.3 is 0 Å². The third-order valence-corrected chi connectivity index (χ3v) is 4.21. The van der Waals surface area contributed by atoms with Crippen LogP contribution in [0.1, 0.15) is 24.3 Å². The molecule has 3 rings (SSSR count). The van der Waals surface area contributed by atoms with Crippen molar-refractivity contribution in [3.8, 4) is 11.3 Å². The molecule has 0 atom stereocenters. The number of aromatic nitrogens is 2. The van der Waals surface area contributed by atoms with Crippen molar-refractivity contribution >= 4 is 11.3 Å². The fourth-order valence-electron chi connectivity index (χ4n) is 1.93. The molecule has 1 saturated carbocycles. The van der Waals surface area contributed by atoms with Crippen LogP contribution in [-0.2, 0) is 5.54 Å². The van der Waals surface area contributed by atoms with Crippen LogP contribution < -0.4 is 5.73 Å². The van der Waals surface area contributed by atoms with Gasteiger partial charge in [-0.15, -0.1) is 11.3 Å². The number of nitrogens with zero attached hydrogens (tertiary/aromatic N) is 2. The van der Waals surface area contributed by atoms with Crippen LogP contribution in [0.25, 0.3) is 11.3 Å². The van der Waals surface area contributed by atoms with Gasteiger partial charge in [0.25, 0.3) is 0 Å². The predicted molar refractivity (Wildman–Crippen MR) is 65.1 cm³/mol. The van der Waals surface area contributed by atoms with Gasteiger partial charge < -0.3 is 5.73 Å². The van der Waals surface area contributed by atoms with Crippen molar-refractivity contribution in [1.29, 1.82) is 0 Å². The number of nitrogens with two attached hydrogens (primary N) is 1. The zero-order chi connectivity index (χ0) is 11.0. The summed E-state index contributed by atoms with van der Waals surface area (Å²) in [7, 11) is 0. The normalized spacial score (nSPS) is 18.1. The second-order valence-electron chi connectivity index (χ2n) is 4.28. The number of pyridine rings is 1. The number of thiazole rings is 1. The molecule has 0 saturated heterocycles. The van der Waals surface area contributed by atoms with Crippen molar-refractivity contribution in [3.05, 3.63) is 34.9 Å². The molecule has 0 amide bonds. The Kier molecular flexibility index (Phi) is 2.26. The van der Waals surface area contributed by atoms with Gasteiger partial charge in [-0.25, -0.2) is 4.98 Å². The first-order valence-corrected chi connectivity index (χ1v) is 6.31. The van der Waals surface area contributed by atoms with Gasteiger partial charge in [0.2, 0.25) is 0 Å². The average molecular weight is 231 g/mol. The molecule has 2 aromatic rings. The lowest BCUT2D eigenvalue weighted by Gasteiger charge is -2.35. The molecular weight excluding hydrogens is 218 g/mol. The lowest BCUT2D eigenvalue weighted by molar-refractivity contribution is 0.253. The molecule has 1 aliphatic rings. The van der Waals surface area contributed by atoms with Crippen LogP contribution in [0.4, 0.5) is 0 Å². The molecule has 2 aromatic heterocycles. The minimum absolute atomic E-state index is 0.143. The summed E-state index contributed by atoms with van der Waals surface area (Å²) >= 11 is 1.67. The van der Waals surface area contributed by atoms with Crippen LogP contribution in [0, 0.1) is 0 Å². The van der Waals surface area contributed by atoms with E-state index < -0.39 is 0 Å². The zero-order valence-corrected chi connectivity index (χ0v) is 9.70. The summed E-state index contributed by atoms with van der Waals surface area (Å²) in [5, 5.41) is 3.16. The predicted octanol–water partition coefficient (Wildman–Crippen LogP) is 2.54. The highest BCUT2D eigenvalue weighted by atomic mass is 32.1. The Hall–Kier alpha value is -1.26. The molecule has 2 heterocycles. The first-order valence-electron chi connectivity index (χ1n) is 5.43. The third kappa shape index (κ3) is 1.54. The summed E-state index contributed by atoms with van der Waals surface area (Å²) in [6.45, 7) is 0. The molecule has 0 aliphatic heterocycles. The molecule has 1 aliphatic carbocycles. The fraction of sp³-hybridized carbons (Fsp3) is 0.333. The van der Waals surface area contributed by atoms with E-state index in [0.29, 0.717) is 0 Å². The van der Waals surface area contributed by atoms with E-state index in [1.807, 2.05) is 12.1 Å². The summed E-state index contributed by atoms with van der Waals surface area (Å²) in [5.74, 6) is 0. The van der Waals surface area contributed by atoms with E-state index in [4.69, 9.17) is 5.73 Å². The molecule has 2 N–H and O–H groups in total. The van der Waals surface area contributed by atoms with E-state index in [0.717, 1.165) is 29.1 Å². The molecule has 0 aromatic carbocycles. The SMILES string of the molecule is NC1(c2nc(-c3ccncc3)cs2)CCC1. The first-order chi connectivity index (χ1) is 7.78.